The summed E-state index contributed by atoms with van der Waals surface area (Å²) in [4.78, 5) is 15.5. The molecule has 0 aliphatic carbocycles. The Morgan fingerprint density at radius 3 is 1.51 bits per heavy atom. The van der Waals surface area contributed by atoms with Crippen LogP contribution in [0.1, 0.15) is 0 Å². The van der Waals surface area contributed by atoms with Gasteiger partial charge in [-0.2, -0.15) is 0 Å². The first kappa shape index (κ1) is 29.5. The lowest BCUT2D eigenvalue weighted by Crippen LogP contribution is -2.02. The van der Waals surface area contributed by atoms with Crippen LogP contribution in [-0.4, -0.2) is 19.5 Å². The first-order chi connectivity index (χ1) is 26.3. The van der Waals surface area contributed by atoms with Crippen LogP contribution in [-0.2, 0) is 0 Å². The van der Waals surface area contributed by atoms with Crippen molar-refractivity contribution >= 4 is 64.9 Å². The summed E-state index contributed by atoms with van der Waals surface area (Å²) in [6.07, 6.45) is 0. The van der Waals surface area contributed by atoms with Crippen LogP contribution in [0.5, 0.6) is 0 Å². The minimum atomic E-state index is 0.636. The summed E-state index contributed by atoms with van der Waals surface area (Å²) >= 11 is 0. The molecule has 0 unspecified atom stereocenters. The number of nitrogens with zero attached hydrogens (tertiary/aromatic N) is 4. The smallest absolute Gasteiger partial charge is 0.164 e. The van der Waals surface area contributed by atoms with Crippen molar-refractivity contribution in [3.63, 3.8) is 0 Å². The van der Waals surface area contributed by atoms with E-state index < -0.39 is 0 Å². The zero-order valence-corrected chi connectivity index (χ0v) is 28.6. The zero-order valence-electron chi connectivity index (χ0n) is 28.6. The Balaban J connectivity index is 1.22. The van der Waals surface area contributed by atoms with Gasteiger partial charge < -0.3 is 4.57 Å². The molecular weight excluding hydrogens is 645 g/mol. The van der Waals surface area contributed by atoms with E-state index in [2.05, 4.69) is 168 Å². The van der Waals surface area contributed by atoms with E-state index in [9.17, 15) is 0 Å². The highest BCUT2D eigenvalue weighted by Gasteiger charge is 2.20. The van der Waals surface area contributed by atoms with Crippen molar-refractivity contribution in [3.05, 3.63) is 182 Å². The van der Waals surface area contributed by atoms with Gasteiger partial charge in [-0.05, 0) is 73.4 Å². The average molecular weight is 675 g/mol. The molecule has 0 N–H and O–H groups in total. The molecule has 0 fully saturated rings. The highest BCUT2D eigenvalue weighted by Crippen LogP contribution is 2.42. The molecule has 4 heteroatoms. The van der Waals surface area contributed by atoms with Crippen LogP contribution in [0.3, 0.4) is 0 Å². The topological polar surface area (TPSA) is 43.6 Å². The summed E-state index contributed by atoms with van der Waals surface area (Å²) < 4.78 is 2.42. The third-order valence-electron chi connectivity index (χ3n) is 10.6. The van der Waals surface area contributed by atoms with Crippen molar-refractivity contribution in [2.24, 2.45) is 0 Å². The van der Waals surface area contributed by atoms with Gasteiger partial charge >= 0.3 is 0 Å². The molecule has 0 saturated heterocycles. The predicted molar refractivity (Wildman–Crippen MR) is 220 cm³/mol. The van der Waals surface area contributed by atoms with E-state index in [1.807, 2.05) is 18.2 Å². The van der Waals surface area contributed by atoms with E-state index in [1.54, 1.807) is 0 Å². The highest BCUT2D eigenvalue weighted by molar-refractivity contribution is 6.28. The lowest BCUT2D eigenvalue weighted by molar-refractivity contribution is 1.07. The zero-order chi connectivity index (χ0) is 34.9. The molecule has 2 heterocycles. The summed E-state index contributed by atoms with van der Waals surface area (Å²) in [6, 6.07) is 64.6. The number of rotatable bonds is 4. The van der Waals surface area contributed by atoms with Gasteiger partial charge in [-0.3, -0.25) is 0 Å². The average Bonchev–Trinajstić information content (AvgIpc) is 3.59. The van der Waals surface area contributed by atoms with Crippen LogP contribution in [0.25, 0.3) is 105 Å². The summed E-state index contributed by atoms with van der Waals surface area (Å²) in [6.45, 7) is 0. The second kappa shape index (κ2) is 11.7. The minimum absolute atomic E-state index is 0.636. The molecule has 9 aromatic carbocycles. The maximum atomic E-state index is 5.25. The fourth-order valence-corrected chi connectivity index (χ4v) is 8.11. The van der Waals surface area contributed by atoms with Gasteiger partial charge in [0.25, 0.3) is 0 Å². The first-order valence-corrected chi connectivity index (χ1v) is 17.9. The molecule has 2 aromatic heterocycles. The Hall–Kier alpha value is -7.17. The molecular formula is C49H30N4. The molecule has 0 spiro atoms. The molecule has 11 rings (SSSR count). The van der Waals surface area contributed by atoms with Crippen LogP contribution in [0, 0.1) is 0 Å². The van der Waals surface area contributed by atoms with Crippen molar-refractivity contribution in [3.8, 4) is 39.9 Å². The first-order valence-electron chi connectivity index (χ1n) is 17.9. The van der Waals surface area contributed by atoms with Gasteiger partial charge in [0.15, 0.2) is 17.5 Å². The van der Waals surface area contributed by atoms with E-state index in [0.29, 0.717) is 17.5 Å². The predicted octanol–water partition coefficient (Wildman–Crippen LogP) is 12.6. The molecule has 0 radical (unpaired) electrons. The van der Waals surface area contributed by atoms with Crippen LogP contribution in [0.2, 0.25) is 0 Å². The Morgan fingerprint density at radius 2 is 0.830 bits per heavy atom. The van der Waals surface area contributed by atoms with Crippen molar-refractivity contribution < 1.29 is 0 Å². The van der Waals surface area contributed by atoms with Crippen LogP contribution in [0.4, 0.5) is 0 Å². The number of fused-ring (bicyclic) bond motifs is 9. The van der Waals surface area contributed by atoms with Crippen molar-refractivity contribution in [1.82, 2.24) is 19.5 Å². The molecule has 0 atom stereocenters. The molecule has 4 nitrogen and oxygen atoms in total. The molecule has 0 aliphatic rings. The largest absolute Gasteiger partial charge is 0.309 e. The van der Waals surface area contributed by atoms with Crippen molar-refractivity contribution in [2.45, 2.75) is 0 Å². The molecule has 0 amide bonds. The fourth-order valence-electron chi connectivity index (χ4n) is 8.11. The van der Waals surface area contributed by atoms with Gasteiger partial charge in [-0.25, -0.2) is 15.0 Å². The van der Waals surface area contributed by atoms with Crippen molar-refractivity contribution in [2.75, 3.05) is 0 Å². The lowest BCUT2D eigenvalue weighted by atomic mass is 10.00. The van der Waals surface area contributed by atoms with Gasteiger partial charge in [-0.15, -0.1) is 0 Å². The van der Waals surface area contributed by atoms with Gasteiger partial charge in [0, 0.05) is 33.2 Å². The Labute approximate surface area is 305 Å². The van der Waals surface area contributed by atoms with E-state index >= 15 is 0 Å². The monoisotopic (exact) mass is 674 g/mol. The van der Waals surface area contributed by atoms with E-state index in [-0.39, 0.29) is 0 Å². The fraction of sp³-hybridized carbons (Fsp3) is 0. The second-order valence-electron chi connectivity index (χ2n) is 13.6. The maximum absolute atomic E-state index is 5.25. The summed E-state index contributed by atoms with van der Waals surface area (Å²) in [5.74, 6) is 1.92. The van der Waals surface area contributed by atoms with Gasteiger partial charge in [0.05, 0.1) is 11.0 Å². The third kappa shape index (κ3) is 4.73. The van der Waals surface area contributed by atoms with E-state index in [1.165, 1.54) is 37.7 Å². The minimum Gasteiger partial charge on any atom is -0.309 e. The Kier molecular flexibility index (Phi) is 6.52. The number of benzene rings is 9. The Bertz CT molecular complexity index is 3140. The van der Waals surface area contributed by atoms with Gasteiger partial charge in [0.2, 0.25) is 0 Å². The SMILES string of the molecule is c1ccc(-c2nc(-c3ccc4ccccc4c3)nc(-c3cc(-n4c5ccc6ccccc6c5c5c6ccccc6ccc54)cc4ccccc34)n2)cc1. The molecule has 246 valence electrons. The second-order valence-corrected chi connectivity index (χ2v) is 13.6. The van der Waals surface area contributed by atoms with Crippen LogP contribution >= 0.6 is 0 Å². The summed E-state index contributed by atoms with van der Waals surface area (Å²) in [7, 11) is 0. The quantitative estimate of drug-likeness (QED) is 0.187. The maximum Gasteiger partial charge on any atom is 0.164 e. The van der Waals surface area contributed by atoms with Gasteiger partial charge in [-0.1, -0.05) is 152 Å². The molecule has 0 aliphatic heterocycles. The summed E-state index contributed by atoms with van der Waals surface area (Å²) in [5.41, 5.74) is 6.22. The number of aromatic nitrogens is 4. The van der Waals surface area contributed by atoms with E-state index in [4.69, 9.17) is 15.0 Å². The normalized spacial score (nSPS) is 11.8. The molecule has 0 saturated carbocycles. The molecule has 0 bridgehead atoms. The van der Waals surface area contributed by atoms with E-state index in [0.717, 1.165) is 49.6 Å². The standard InChI is InChI=1S/C49H30N4/c1-2-15-34(16-3-1)47-50-48(37-23-22-31-12-4-5-17-35(31)28-37)52-49(51-47)42-30-38(29-36-18-8-9-19-39(36)42)53-43-26-24-32-13-6-10-20-40(32)45(43)46-41-21-11-7-14-33(41)25-27-44(46)53/h1-30H. The van der Waals surface area contributed by atoms with Crippen molar-refractivity contribution in [1.29, 1.82) is 0 Å². The summed E-state index contributed by atoms with van der Waals surface area (Å²) in [5, 5.41) is 12.0. The van der Waals surface area contributed by atoms with Gasteiger partial charge in [0.1, 0.15) is 0 Å². The lowest BCUT2D eigenvalue weighted by Gasteiger charge is -2.15. The number of hydrogen-bond donors (Lipinski definition) is 0. The Morgan fingerprint density at radius 1 is 0.321 bits per heavy atom. The number of hydrogen-bond acceptors (Lipinski definition) is 3. The molecule has 11 aromatic rings. The van der Waals surface area contributed by atoms with Crippen LogP contribution in [0.15, 0.2) is 182 Å². The molecule has 53 heavy (non-hydrogen) atoms. The highest BCUT2D eigenvalue weighted by atomic mass is 15.0. The third-order valence-corrected chi connectivity index (χ3v) is 10.6. The van der Waals surface area contributed by atoms with Crippen LogP contribution < -0.4 is 0 Å².